The first-order valence-corrected chi connectivity index (χ1v) is 6.50. The minimum absolute atomic E-state index is 0.0991. The fourth-order valence-corrected chi connectivity index (χ4v) is 1.91. The summed E-state index contributed by atoms with van der Waals surface area (Å²) in [4.78, 5) is 19.7. The molecular weight excluding hydrogens is 292 g/mol. The average Bonchev–Trinajstić information content (AvgIpc) is 2.48. The first-order valence-electron chi connectivity index (χ1n) is 6.50. The third-order valence-electron chi connectivity index (χ3n) is 3.00. The molecule has 1 aromatic heterocycles. The number of nitrogens with zero attached hydrogens (tertiary/aromatic N) is 2. The largest absolute Gasteiger partial charge is 0.497 e. The zero-order chi connectivity index (χ0) is 16.3. The van der Waals surface area contributed by atoms with Crippen molar-refractivity contribution in [3.05, 3.63) is 47.0 Å². The summed E-state index contributed by atoms with van der Waals surface area (Å²) in [6.45, 7) is 3.26. The van der Waals surface area contributed by atoms with Crippen molar-refractivity contribution < 1.29 is 18.3 Å². The van der Waals surface area contributed by atoms with Gasteiger partial charge in [0.25, 0.3) is 12.3 Å². The molecule has 0 radical (unpaired) electrons. The maximum Gasteiger partial charge on any atom is 0.280 e. The summed E-state index contributed by atoms with van der Waals surface area (Å²) < 4.78 is 30.5. The Labute approximate surface area is 126 Å². The van der Waals surface area contributed by atoms with E-state index in [1.165, 1.54) is 6.92 Å². The lowest BCUT2D eigenvalue weighted by Crippen LogP contribution is -2.16. The van der Waals surface area contributed by atoms with Crippen LogP contribution in [-0.2, 0) is 0 Å². The van der Waals surface area contributed by atoms with Crippen LogP contribution in [-0.4, -0.2) is 23.0 Å². The summed E-state index contributed by atoms with van der Waals surface area (Å²) in [5, 5.41) is 2.64. The highest BCUT2D eigenvalue weighted by Gasteiger charge is 2.16. The number of hydrogen-bond donors (Lipinski definition) is 1. The standard InChI is InChI=1S/C15H15F2N3O2/c1-8-6-10(22-3)4-5-11(8)20-15(21)13-7-12(14(16)17)18-9(2)19-13/h4-7,14H,1-3H3,(H,20,21). The molecule has 0 fully saturated rings. The zero-order valence-corrected chi connectivity index (χ0v) is 12.4. The molecule has 0 aliphatic rings. The third-order valence-corrected chi connectivity index (χ3v) is 3.00. The summed E-state index contributed by atoms with van der Waals surface area (Å²) >= 11 is 0. The van der Waals surface area contributed by atoms with Crippen LogP contribution in [0, 0.1) is 13.8 Å². The van der Waals surface area contributed by atoms with E-state index >= 15 is 0 Å². The number of nitrogens with one attached hydrogen (secondary N) is 1. The molecule has 0 saturated carbocycles. The summed E-state index contributed by atoms with van der Waals surface area (Å²) in [5.41, 5.74) is 0.773. The molecule has 0 unspecified atom stereocenters. The van der Waals surface area contributed by atoms with Gasteiger partial charge in [-0.15, -0.1) is 0 Å². The second-order valence-electron chi connectivity index (χ2n) is 4.66. The number of halogens is 2. The quantitative estimate of drug-likeness (QED) is 0.941. The van der Waals surface area contributed by atoms with Crippen LogP contribution in [0.3, 0.4) is 0 Å². The minimum atomic E-state index is -2.75. The Morgan fingerprint density at radius 2 is 1.95 bits per heavy atom. The van der Waals surface area contributed by atoms with Crippen LogP contribution in [0.15, 0.2) is 24.3 Å². The molecule has 1 aromatic carbocycles. The maximum absolute atomic E-state index is 12.7. The topological polar surface area (TPSA) is 64.1 Å². The van der Waals surface area contributed by atoms with Crippen molar-refractivity contribution >= 4 is 11.6 Å². The van der Waals surface area contributed by atoms with E-state index in [9.17, 15) is 13.6 Å². The van der Waals surface area contributed by atoms with Gasteiger partial charge < -0.3 is 10.1 Å². The Bertz CT molecular complexity index is 705. The monoisotopic (exact) mass is 307 g/mol. The van der Waals surface area contributed by atoms with Crippen LogP contribution in [0.1, 0.15) is 34.0 Å². The Hall–Kier alpha value is -2.57. The molecule has 1 N–H and O–H groups in total. The fourth-order valence-electron chi connectivity index (χ4n) is 1.91. The summed E-state index contributed by atoms with van der Waals surface area (Å²) in [5.74, 6) is 0.212. The number of amides is 1. The number of rotatable bonds is 4. The Morgan fingerprint density at radius 3 is 2.55 bits per heavy atom. The van der Waals surface area contributed by atoms with Crippen LogP contribution >= 0.6 is 0 Å². The molecule has 0 bridgehead atoms. The van der Waals surface area contributed by atoms with Gasteiger partial charge >= 0.3 is 0 Å². The lowest BCUT2D eigenvalue weighted by molar-refractivity contribution is 0.102. The highest BCUT2D eigenvalue weighted by molar-refractivity contribution is 6.03. The van der Waals surface area contributed by atoms with Gasteiger partial charge in [0.1, 0.15) is 23.0 Å². The maximum atomic E-state index is 12.7. The van der Waals surface area contributed by atoms with Gasteiger partial charge in [-0.2, -0.15) is 0 Å². The molecule has 0 spiro atoms. The first-order chi connectivity index (χ1) is 10.4. The van der Waals surface area contributed by atoms with Crippen molar-refractivity contribution in [2.24, 2.45) is 0 Å². The molecule has 0 saturated heterocycles. The van der Waals surface area contributed by atoms with Gasteiger partial charge in [-0.05, 0) is 43.7 Å². The van der Waals surface area contributed by atoms with Crippen molar-refractivity contribution in [3.8, 4) is 5.75 Å². The van der Waals surface area contributed by atoms with Crippen LogP contribution in [0.4, 0.5) is 14.5 Å². The number of benzene rings is 1. The molecule has 2 aromatic rings. The van der Waals surface area contributed by atoms with E-state index in [1.807, 2.05) is 0 Å². The van der Waals surface area contributed by atoms with Gasteiger partial charge in [-0.1, -0.05) is 0 Å². The molecule has 0 aliphatic carbocycles. The molecule has 0 aliphatic heterocycles. The van der Waals surface area contributed by atoms with E-state index < -0.39 is 18.0 Å². The molecule has 7 heteroatoms. The molecule has 22 heavy (non-hydrogen) atoms. The number of hydrogen-bond acceptors (Lipinski definition) is 4. The summed E-state index contributed by atoms with van der Waals surface area (Å²) in [6.07, 6.45) is -2.75. The number of carbonyl (C=O) groups excluding carboxylic acids is 1. The SMILES string of the molecule is COc1ccc(NC(=O)c2cc(C(F)F)nc(C)n2)c(C)c1. The molecule has 5 nitrogen and oxygen atoms in total. The Morgan fingerprint density at radius 1 is 1.23 bits per heavy atom. The fraction of sp³-hybridized carbons (Fsp3) is 0.267. The number of aromatic nitrogens is 2. The van der Waals surface area contributed by atoms with Crippen molar-refractivity contribution in [2.45, 2.75) is 20.3 Å². The van der Waals surface area contributed by atoms with E-state index in [0.717, 1.165) is 11.6 Å². The van der Waals surface area contributed by atoms with E-state index in [4.69, 9.17) is 4.74 Å². The van der Waals surface area contributed by atoms with Gasteiger partial charge in [0, 0.05) is 5.69 Å². The summed E-state index contributed by atoms with van der Waals surface area (Å²) in [6, 6.07) is 6.11. The van der Waals surface area contributed by atoms with Crippen molar-refractivity contribution in [3.63, 3.8) is 0 Å². The Balaban J connectivity index is 2.26. The van der Waals surface area contributed by atoms with Gasteiger partial charge in [-0.3, -0.25) is 4.79 Å². The third kappa shape index (κ3) is 3.55. The van der Waals surface area contributed by atoms with E-state index in [2.05, 4.69) is 15.3 Å². The molecule has 0 atom stereocenters. The predicted molar refractivity (Wildman–Crippen MR) is 77.4 cm³/mol. The van der Waals surface area contributed by atoms with Crippen LogP contribution in [0.2, 0.25) is 0 Å². The van der Waals surface area contributed by atoms with E-state index in [-0.39, 0.29) is 11.5 Å². The van der Waals surface area contributed by atoms with Crippen LogP contribution in [0.25, 0.3) is 0 Å². The second kappa shape index (κ2) is 6.46. The highest BCUT2D eigenvalue weighted by atomic mass is 19.3. The number of anilines is 1. The van der Waals surface area contributed by atoms with Crippen molar-refractivity contribution in [2.75, 3.05) is 12.4 Å². The van der Waals surface area contributed by atoms with Crippen molar-refractivity contribution in [1.82, 2.24) is 9.97 Å². The Kier molecular flexibility index (Phi) is 4.65. The minimum Gasteiger partial charge on any atom is -0.497 e. The van der Waals surface area contributed by atoms with Gasteiger partial charge in [0.05, 0.1) is 7.11 Å². The zero-order valence-electron chi connectivity index (χ0n) is 12.4. The lowest BCUT2D eigenvalue weighted by atomic mass is 10.2. The van der Waals surface area contributed by atoms with E-state index in [1.54, 1.807) is 32.2 Å². The van der Waals surface area contributed by atoms with E-state index in [0.29, 0.717) is 11.4 Å². The molecule has 2 rings (SSSR count). The van der Waals surface area contributed by atoms with Crippen LogP contribution in [0.5, 0.6) is 5.75 Å². The highest BCUT2D eigenvalue weighted by Crippen LogP contribution is 2.22. The number of methoxy groups -OCH3 is 1. The lowest BCUT2D eigenvalue weighted by Gasteiger charge is -2.10. The number of ether oxygens (including phenoxy) is 1. The number of carbonyl (C=O) groups is 1. The number of alkyl halides is 2. The predicted octanol–water partition coefficient (Wildman–Crippen LogP) is 3.29. The second-order valence-corrected chi connectivity index (χ2v) is 4.66. The number of aryl methyl sites for hydroxylation is 2. The first kappa shape index (κ1) is 15.8. The van der Waals surface area contributed by atoms with Crippen molar-refractivity contribution in [1.29, 1.82) is 0 Å². The molecule has 1 amide bonds. The smallest absolute Gasteiger partial charge is 0.280 e. The molecular formula is C15H15F2N3O2. The summed E-state index contributed by atoms with van der Waals surface area (Å²) in [7, 11) is 1.54. The van der Waals surface area contributed by atoms with Crippen LogP contribution < -0.4 is 10.1 Å². The van der Waals surface area contributed by atoms with Gasteiger partial charge in [0.2, 0.25) is 0 Å². The van der Waals surface area contributed by atoms with Gasteiger partial charge in [0.15, 0.2) is 0 Å². The average molecular weight is 307 g/mol. The van der Waals surface area contributed by atoms with Gasteiger partial charge in [-0.25, -0.2) is 18.7 Å². The normalized spacial score (nSPS) is 10.6. The molecule has 1 heterocycles. The molecule has 116 valence electrons.